The number of pyridine rings is 1. The van der Waals surface area contributed by atoms with Gasteiger partial charge in [0.15, 0.2) is 0 Å². The first-order chi connectivity index (χ1) is 15.4. The Hall–Kier alpha value is -2.89. The molecule has 2 saturated carbocycles. The van der Waals surface area contributed by atoms with Crippen molar-refractivity contribution < 1.29 is 18.0 Å². The second-order valence-electron chi connectivity index (χ2n) is 9.34. The summed E-state index contributed by atoms with van der Waals surface area (Å²) in [5.41, 5.74) is 1.59. The van der Waals surface area contributed by atoms with Crippen LogP contribution in [0.3, 0.4) is 0 Å². The van der Waals surface area contributed by atoms with Crippen molar-refractivity contribution in [3.8, 4) is 0 Å². The van der Waals surface area contributed by atoms with Crippen LogP contribution in [0.25, 0.3) is 10.9 Å². The third-order valence-corrected chi connectivity index (χ3v) is 7.11. The van der Waals surface area contributed by atoms with E-state index in [1.165, 1.54) is 12.1 Å². The topological polar surface area (TPSA) is 42.0 Å². The van der Waals surface area contributed by atoms with E-state index in [1.54, 1.807) is 18.3 Å². The van der Waals surface area contributed by atoms with Crippen LogP contribution in [0.4, 0.5) is 13.2 Å². The molecule has 0 unspecified atom stereocenters. The molecule has 3 nitrogen and oxygen atoms in total. The number of aromatic nitrogens is 1. The highest BCUT2D eigenvalue weighted by Gasteiger charge is 2.46. The van der Waals surface area contributed by atoms with E-state index >= 15 is 0 Å². The number of nitrogens with zero attached hydrogens (tertiary/aromatic N) is 1. The minimum absolute atomic E-state index is 0.113. The van der Waals surface area contributed by atoms with Gasteiger partial charge in [-0.2, -0.15) is 0 Å². The molecule has 0 saturated heterocycles. The highest BCUT2D eigenvalue weighted by molar-refractivity contribution is 5.95. The van der Waals surface area contributed by atoms with E-state index in [2.05, 4.69) is 10.3 Å². The number of carbonyl (C=O) groups excluding carboxylic acids is 1. The van der Waals surface area contributed by atoms with Gasteiger partial charge in [-0.05, 0) is 98.7 Å². The molecule has 1 N–H and O–H groups in total. The second kappa shape index (κ2) is 8.23. The van der Waals surface area contributed by atoms with Crippen molar-refractivity contribution >= 4 is 16.8 Å². The summed E-state index contributed by atoms with van der Waals surface area (Å²) < 4.78 is 40.9. The van der Waals surface area contributed by atoms with E-state index in [1.807, 2.05) is 6.07 Å². The van der Waals surface area contributed by atoms with Crippen molar-refractivity contribution in [3.63, 3.8) is 0 Å². The van der Waals surface area contributed by atoms with Crippen LogP contribution in [0.15, 0.2) is 48.7 Å². The molecule has 0 bridgehead atoms. The fourth-order valence-electron chi connectivity index (χ4n) is 5.24. The summed E-state index contributed by atoms with van der Waals surface area (Å²) in [6.45, 7) is 0. The van der Waals surface area contributed by atoms with Crippen LogP contribution in [0.1, 0.15) is 66.8 Å². The SMILES string of the molecule is O=C(NC1(C[C@H]2CC[C@@H](c3ccnc4ccc(F)cc43)CC2)CC1)c1ccc(F)cc1F. The van der Waals surface area contributed by atoms with Gasteiger partial charge in [0.1, 0.15) is 17.5 Å². The number of rotatable bonds is 5. The quantitative estimate of drug-likeness (QED) is 0.510. The Labute approximate surface area is 185 Å². The molecule has 2 aliphatic rings. The Morgan fingerprint density at radius 2 is 1.69 bits per heavy atom. The highest BCUT2D eigenvalue weighted by atomic mass is 19.1. The summed E-state index contributed by atoms with van der Waals surface area (Å²) in [6.07, 6.45) is 8.53. The molecular weight excluding hydrogens is 413 g/mol. The predicted octanol–water partition coefficient (Wildman–Crippen LogP) is 6.28. The molecule has 0 radical (unpaired) electrons. The summed E-state index contributed by atoms with van der Waals surface area (Å²) in [7, 11) is 0. The minimum atomic E-state index is -0.833. The summed E-state index contributed by atoms with van der Waals surface area (Å²) in [5, 5.41) is 3.91. The van der Waals surface area contributed by atoms with Crippen molar-refractivity contribution in [2.45, 2.75) is 56.4 Å². The number of nitrogens with one attached hydrogen (secondary N) is 1. The molecule has 2 aromatic carbocycles. The van der Waals surface area contributed by atoms with Gasteiger partial charge >= 0.3 is 0 Å². The monoisotopic (exact) mass is 438 g/mol. The molecule has 1 heterocycles. The molecule has 0 aliphatic heterocycles. The van der Waals surface area contributed by atoms with E-state index in [-0.39, 0.29) is 16.9 Å². The van der Waals surface area contributed by atoms with E-state index in [0.717, 1.165) is 73.5 Å². The van der Waals surface area contributed by atoms with Gasteiger partial charge in [0.05, 0.1) is 11.1 Å². The van der Waals surface area contributed by atoms with Crippen LogP contribution in [0, 0.1) is 23.4 Å². The molecule has 5 rings (SSSR count). The molecule has 2 fully saturated rings. The van der Waals surface area contributed by atoms with Crippen molar-refractivity contribution in [1.29, 1.82) is 0 Å². The lowest BCUT2D eigenvalue weighted by Crippen LogP contribution is -2.39. The lowest BCUT2D eigenvalue weighted by Gasteiger charge is -2.32. The van der Waals surface area contributed by atoms with Gasteiger partial charge < -0.3 is 5.32 Å². The maximum Gasteiger partial charge on any atom is 0.254 e. The summed E-state index contributed by atoms with van der Waals surface area (Å²) in [5.74, 6) is -1.39. The van der Waals surface area contributed by atoms with Crippen LogP contribution in [0.5, 0.6) is 0 Å². The van der Waals surface area contributed by atoms with E-state index in [0.29, 0.717) is 11.8 Å². The molecule has 0 atom stereocenters. The lowest BCUT2D eigenvalue weighted by molar-refractivity contribution is 0.0917. The minimum Gasteiger partial charge on any atom is -0.347 e. The second-order valence-corrected chi connectivity index (χ2v) is 9.34. The summed E-state index contributed by atoms with van der Waals surface area (Å²) in [6, 6.07) is 9.79. The van der Waals surface area contributed by atoms with Crippen LogP contribution >= 0.6 is 0 Å². The zero-order valence-corrected chi connectivity index (χ0v) is 17.7. The number of carbonyl (C=O) groups is 1. The number of fused-ring (bicyclic) bond motifs is 1. The summed E-state index contributed by atoms with van der Waals surface area (Å²) in [4.78, 5) is 16.9. The molecule has 6 heteroatoms. The average molecular weight is 438 g/mol. The Bertz CT molecular complexity index is 1170. The van der Waals surface area contributed by atoms with Gasteiger partial charge in [0.25, 0.3) is 5.91 Å². The molecule has 0 spiro atoms. The first kappa shape index (κ1) is 21.0. The van der Waals surface area contributed by atoms with Crippen molar-refractivity contribution in [2.24, 2.45) is 5.92 Å². The van der Waals surface area contributed by atoms with Crippen molar-refractivity contribution in [2.75, 3.05) is 0 Å². The lowest BCUT2D eigenvalue weighted by atomic mass is 9.75. The maximum absolute atomic E-state index is 14.0. The largest absolute Gasteiger partial charge is 0.347 e. The van der Waals surface area contributed by atoms with Crippen LogP contribution in [0.2, 0.25) is 0 Å². The molecule has 3 aromatic rings. The number of hydrogen-bond donors (Lipinski definition) is 1. The zero-order chi connectivity index (χ0) is 22.3. The Balaban J connectivity index is 1.22. The van der Waals surface area contributed by atoms with Crippen molar-refractivity contribution in [3.05, 3.63) is 77.2 Å². The smallest absolute Gasteiger partial charge is 0.254 e. The molecule has 32 heavy (non-hydrogen) atoms. The van der Waals surface area contributed by atoms with Crippen LogP contribution < -0.4 is 5.32 Å². The maximum atomic E-state index is 14.0. The highest BCUT2D eigenvalue weighted by Crippen LogP contribution is 2.47. The third kappa shape index (κ3) is 4.23. The standard InChI is InChI=1S/C26H25F3N2O/c27-18-6-8-24-22(13-18)20(9-12-30-24)17-3-1-16(2-4-17)15-26(10-11-26)31-25(32)21-7-5-19(28)14-23(21)29/h5-9,12-14,16-17H,1-4,10-11,15H2,(H,31,32)/t16-,17+. The average Bonchev–Trinajstić information content (AvgIpc) is 3.52. The van der Waals surface area contributed by atoms with Crippen LogP contribution in [-0.4, -0.2) is 16.4 Å². The predicted molar refractivity (Wildman–Crippen MR) is 117 cm³/mol. The number of halogens is 3. The molecule has 2 aliphatic carbocycles. The number of benzene rings is 2. The molecular formula is C26H25F3N2O. The number of amides is 1. The van der Waals surface area contributed by atoms with E-state index < -0.39 is 17.5 Å². The van der Waals surface area contributed by atoms with Crippen molar-refractivity contribution in [1.82, 2.24) is 10.3 Å². The fraction of sp³-hybridized carbons (Fsp3) is 0.385. The molecule has 1 amide bonds. The Kier molecular flexibility index (Phi) is 5.39. The Morgan fingerprint density at radius 1 is 0.969 bits per heavy atom. The fourth-order valence-corrected chi connectivity index (χ4v) is 5.24. The van der Waals surface area contributed by atoms with Crippen LogP contribution in [-0.2, 0) is 0 Å². The first-order valence-corrected chi connectivity index (χ1v) is 11.2. The van der Waals surface area contributed by atoms with Gasteiger partial charge in [-0.15, -0.1) is 0 Å². The third-order valence-electron chi connectivity index (χ3n) is 7.11. The van der Waals surface area contributed by atoms with Gasteiger partial charge in [-0.25, -0.2) is 13.2 Å². The normalized spacial score (nSPS) is 22.0. The van der Waals surface area contributed by atoms with Gasteiger partial charge in [0, 0.05) is 23.2 Å². The Morgan fingerprint density at radius 3 is 2.41 bits per heavy atom. The van der Waals surface area contributed by atoms with Gasteiger partial charge in [0.2, 0.25) is 0 Å². The summed E-state index contributed by atoms with van der Waals surface area (Å²) >= 11 is 0. The van der Waals surface area contributed by atoms with Gasteiger partial charge in [-0.1, -0.05) is 0 Å². The zero-order valence-electron chi connectivity index (χ0n) is 17.7. The van der Waals surface area contributed by atoms with E-state index in [9.17, 15) is 18.0 Å². The van der Waals surface area contributed by atoms with Gasteiger partial charge in [-0.3, -0.25) is 9.78 Å². The molecule has 1 aromatic heterocycles. The number of hydrogen-bond acceptors (Lipinski definition) is 2. The molecule has 166 valence electrons. The van der Waals surface area contributed by atoms with E-state index in [4.69, 9.17) is 0 Å². The first-order valence-electron chi connectivity index (χ1n) is 11.2.